The van der Waals surface area contributed by atoms with Gasteiger partial charge in [0.05, 0.1) is 19.9 Å². The smallest absolute Gasteiger partial charge is 0.221 e. The van der Waals surface area contributed by atoms with Gasteiger partial charge in [0.2, 0.25) is 5.91 Å². The summed E-state index contributed by atoms with van der Waals surface area (Å²) in [5, 5.41) is 7.07. The number of carbonyl (C=O) groups is 1. The zero-order chi connectivity index (χ0) is 20.8. The largest absolute Gasteiger partial charge is 0.493 e. The number of thiazole rings is 1. The summed E-state index contributed by atoms with van der Waals surface area (Å²) in [6.07, 6.45) is 0.847. The van der Waals surface area contributed by atoms with Crippen LogP contribution in [0.25, 0.3) is 11.3 Å². The van der Waals surface area contributed by atoms with Crippen LogP contribution in [0.2, 0.25) is 0 Å². The lowest BCUT2D eigenvalue weighted by Crippen LogP contribution is -2.05. The van der Waals surface area contributed by atoms with Crippen LogP contribution in [0.3, 0.4) is 0 Å². The minimum absolute atomic E-state index is 0.0800. The Kier molecular flexibility index (Phi) is 6.72. The van der Waals surface area contributed by atoms with E-state index in [0.29, 0.717) is 0 Å². The molecule has 7 heteroatoms. The monoisotopic (exact) mass is 411 g/mol. The molecule has 6 nitrogen and oxygen atoms in total. The Balaban J connectivity index is 1.63. The average Bonchev–Trinajstić information content (AvgIpc) is 3.08. The van der Waals surface area contributed by atoms with Crippen LogP contribution in [-0.2, 0) is 11.2 Å². The fraction of sp³-hybridized carbons (Fsp3) is 0.273. The Morgan fingerprint density at radius 1 is 1.07 bits per heavy atom. The Hall–Kier alpha value is -3.06. The Labute approximate surface area is 174 Å². The lowest BCUT2D eigenvalue weighted by Gasteiger charge is -2.09. The number of nitrogens with one attached hydrogen (secondary N) is 2. The van der Waals surface area contributed by atoms with E-state index in [9.17, 15) is 4.79 Å². The SMILES string of the molecule is COc1ccc(CCNc2nc(-c3ccc(NC(C)=O)cc3)c(C)s2)cc1OC. The van der Waals surface area contributed by atoms with Gasteiger partial charge < -0.3 is 20.1 Å². The van der Waals surface area contributed by atoms with E-state index < -0.39 is 0 Å². The van der Waals surface area contributed by atoms with Gasteiger partial charge in [-0.05, 0) is 43.2 Å². The third-order valence-corrected chi connectivity index (χ3v) is 5.34. The molecule has 3 aromatic rings. The number of hydrogen-bond acceptors (Lipinski definition) is 6. The highest BCUT2D eigenvalue weighted by Crippen LogP contribution is 2.31. The minimum atomic E-state index is -0.0800. The maximum atomic E-state index is 11.2. The molecule has 0 saturated carbocycles. The summed E-state index contributed by atoms with van der Waals surface area (Å²) in [5.41, 5.74) is 3.93. The van der Waals surface area contributed by atoms with Crippen molar-refractivity contribution in [2.45, 2.75) is 20.3 Å². The molecule has 0 unspecified atom stereocenters. The number of rotatable bonds is 8. The second kappa shape index (κ2) is 9.43. The normalized spacial score (nSPS) is 10.5. The quantitative estimate of drug-likeness (QED) is 0.560. The number of hydrogen-bond donors (Lipinski definition) is 2. The molecule has 0 aliphatic rings. The maximum Gasteiger partial charge on any atom is 0.221 e. The Bertz CT molecular complexity index is 983. The molecule has 1 heterocycles. The first-order chi connectivity index (χ1) is 14.0. The van der Waals surface area contributed by atoms with Gasteiger partial charge in [-0.3, -0.25) is 4.79 Å². The zero-order valence-corrected chi connectivity index (χ0v) is 17.9. The van der Waals surface area contributed by atoms with Crippen molar-refractivity contribution in [3.05, 3.63) is 52.9 Å². The topological polar surface area (TPSA) is 72.5 Å². The van der Waals surface area contributed by atoms with Crippen LogP contribution >= 0.6 is 11.3 Å². The van der Waals surface area contributed by atoms with Crippen LogP contribution < -0.4 is 20.1 Å². The molecule has 1 amide bonds. The van der Waals surface area contributed by atoms with Gasteiger partial charge in [-0.1, -0.05) is 18.2 Å². The molecule has 2 aromatic carbocycles. The predicted molar refractivity (Wildman–Crippen MR) is 118 cm³/mol. The number of ether oxygens (including phenoxy) is 2. The molecule has 3 rings (SSSR count). The highest BCUT2D eigenvalue weighted by Gasteiger charge is 2.10. The number of aryl methyl sites for hydroxylation is 1. The van der Waals surface area contributed by atoms with Crippen LogP contribution in [0.15, 0.2) is 42.5 Å². The minimum Gasteiger partial charge on any atom is -0.493 e. The molecule has 0 atom stereocenters. The number of amides is 1. The second-order valence-electron chi connectivity index (χ2n) is 6.55. The van der Waals surface area contributed by atoms with Gasteiger partial charge in [0, 0.05) is 29.6 Å². The summed E-state index contributed by atoms with van der Waals surface area (Å²) in [6.45, 7) is 4.33. The van der Waals surface area contributed by atoms with Crippen molar-refractivity contribution in [3.63, 3.8) is 0 Å². The summed E-state index contributed by atoms with van der Waals surface area (Å²) in [6, 6.07) is 13.7. The van der Waals surface area contributed by atoms with E-state index in [4.69, 9.17) is 14.5 Å². The van der Waals surface area contributed by atoms with E-state index >= 15 is 0 Å². The van der Waals surface area contributed by atoms with Gasteiger partial charge in [0.15, 0.2) is 16.6 Å². The molecular weight excluding hydrogens is 386 g/mol. The molecule has 2 N–H and O–H groups in total. The van der Waals surface area contributed by atoms with Crippen molar-refractivity contribution in [1.82, 2.24) is 4.98 Å². The Morgan fingerprint density at radius 2 is 1.79 bits per heavy atom. The molecule has 0 bridgehead atoms. The first-order valence-corrected chi connectivity index (χ1v) is 10.1. The molecule has 0 saturated heterocycles. The number of anilines is 2. The lowest BCUT2D eigenvalue weighted by atomic mass is 10.1. The van der Waals surface area contributed by atoms with Gasteiger partial charge in [-0.25, -0.2) is 4.98 Å². The first-order valence-electron chi connectivity index (χ1n) is 9.30. The molecule has 29 heavy (non-hydrogen) atoms. The second-order valence-corrected chi connectivity index (χ2v) is 7.75. The van der Waals surface area contributed by atoms with Crippen molar-refractivity contribution in [1.29, 1.82) is 0 Å². The molecular formula is C22H25N3O3S. The predicted octanol–water partition coefficient (Wildman–Crippen LogP) is 4.75. The number of benzene rings is 2. The molecule has 0 aliphatic carbocycles. The van der Waals surface area contributed by atoms with Crippen molar-refractivity contribution in [2.75, 3.05) is 31.4 Å². The van der Waals surface area contributed by atoms with Crippen LogP contribution in [0.5, 0.6) is 11.5 Å². The molecule has 0 aliphatic heterocycles. The fourth-order valence-electron chi connectivity index (χ4n) is 3.00. The maximum absolute atomic E-state index is 11.2. The molecule has 0 radical (unpaired) electrons. The number of carbonyl (C=O) groups excluding carboxylic acids is 1. The van der Waals surface area contributed by atoms with E-state index in [1.165, 1.54) is 6.92 Å². The highest BCUT2D eigenvalue weighted by atomic mass is 32.1. The third kappa shape index (κ3) is 5.26. The average molecular weight is 412 g/mol. The van der Waals surface area contributed by atoms with Crippen molar-refractivity contribution < 1.29 is 14.3 Å². The summed E-state index contributed by atoms with van der Waals surface area (Å²) in [7, 11) is 3.28. The third-order valence-electron chi connectivity index (χ3n) is 4.41. The van der Waals surface area contributed by atoms with Crippen LogP contribution in [0.4, 0.5) is 10.8 Å². The van der Waals surface area contributed by atoms with Crippen LogP contribution in [-0.4, -0.2) is 31.7 Å². The van der Waals surface area contributed by atoms with Crippen LogP contribution in [0, 0.1) is 6.92 Å². The number of methoxy groups -OCH3 is 2. The number of aromatic nitrogens is 1. The highest BCUT2D eigenvalue weighted by molar-refractivity contribution is 7.16. The molecule has 0 fully saturated rings. The van der Waals surface area contributed by atoms with Crippen molar-refractivity contribution in [3.8, 4) is 22.8 Å². The molecule has 0 spiro atoms. The number of nitrogens with zero attached hydrogens (tertiary/aromatic N) is 1. The van der Waals surface area contributed by atoms with Crippen molar-refractivity contribution >= 4 is 28.1 Å². The Morgan fingerprint density at radius 3 is 2.45 bits per heavy atom. The van der Waals surface area contributed by atoms with E-state index in [1.807, 2.05) is 42.5 Å². The van der Waals surface area contributed by atoms with E-state index in [-0.39, 0.29) is 5.91 Å². The molecule has 1 aromatic heterocycles. The standard InChI is InChI=1S/C22H25N3O3S/c1-14-21(17-6-8-18(9-7-17)24-15(2)26)25-22(29-14)23-12-11-16-5-10-19(27-3)20(13-16)28-4/h5-10,13H,11-12H2,1-4H3,(H,23,25)(H,24,26). The van der Waals surface area contributed by atoms with Crippen LogP contribution in [0.1, 0.15) is 17.4 Å². The summed E-state index contributed by atoms with van der Waals surface area (Å²) >= 11 is 1.64. The van der Waals surface area contributed by atoms with E-state index in [2.05, 4.69) is 17.6 Å². The van der Waals surface area contributed by atoms with Crippen molar-refractivity contribution in [2.24, 2.45) is 0 Å². The van der Waals surface area contributed by atoms with E-state index in [1.54, 1.807) is 25.6 Å². The zero-order valence-electron chi connectivity index (χ0n) is 17.0. The lowest BCUT2D eigenvalue weighted by molar-refractivity contribution is -0.114. The van der Waals surface area contributed by atoms with Gasteiger partial charge >= 0.3 is 0 Å². The van der Waals surface area contributed by atoms with E-state index in [0.717, 1.165) is 57.0 Å². The van der Waals surface area contributed by atoms with Gasteiger partial charge in [0.25, 0.3) is 0 Å². The molecule has 152 valence electrons. The van der Waals surface area contributed by atoms with Gasteiger partial charge in [-0.2, -0.15) is 0 Å². The fourth-order valence-corrected chi connectivity index (χ4v) is 3.87. The first kappa shape index (κ1) is 20.7. The summed E-state index contributed by atoms with van der Waals surface area (Å²) in [4.78, 5) is 17.0. The van der Waals surface area contributed by atoms with Gasteiger partial charge in [0.1, 0.15) is 0 Å². The summed E-state index contributed by atoms with van der Waals surface area (Å²) in [5.74, 6) is 1.39. The van der Waals surface area contributed by atoms with Gasteiger partial charge in [-0.15, -0.1) is 11.3 Å². The summed E-state index contributed by atoms with van der Waals surface area (Å²) < 4.78 is 10.6.